The topological polar surface area (TPSA) is 121 Å². The molecule has 4 N–H and O–H groups in total. The average molecular weight is 409 g/mol. The Morgan fingerprint density at radius 3 is 2.87 bits per heavy atom. The molecule has 0 unspecified atom stereocenters. The van der Waals surface area contributed by atoms with E-state index in [-0.39, 0.29) is 11.9 Å². The van der Waals surface area contributed by atoms with Gasteiger partial charge in [-0.3, -0.25) is 5.41 Å². The summed E-state index contributed by atoms with van der Waals surface area (Å²) in [6, 6.07) is 11.4. The molecule has 158 valence electrons. The van der Waals surface area contributed by atoms with Gasteiger partial charge in [-0.1, -0.05) is 43.1 Å². The fraction of sp³-hybridized carbons (Fsp3) is 0.409. The SMILES string of the molecule is CCCCCOc1ccc2cc(-c3noc([C@H]4[C@@H](O)CCN4C(=N)N)n3)ccc2c1. The molecule has 8 heteroatoms. The summed E-state index contributed by atoms with van der Waals surface area (Å²) in [7, 11) is 0. The van der Waals surface area contributed by atoms with E-state index in [1.165, 1.54) is 12.8 Å². The number of unbranched alkanes of at least 4 members (excludes halogenated alkanes) is 2. The molecule has 0 radical (unpaired) electrons. The summed E-state index contributed by atoms with van der Waals surface area (Å²) in [6.07, 6.45) is 3.21. The van der Waals surface area contributed by atoms with Gasteiger partial charge in [0, 0.05) is 12.1 Å². The predicted molar refractivity (Wildman–Crippen MR) is 114 cm³/mol. The number of nitrogens with zero attached hydrogens (tertiary/aromatic N) is 3. The summed E-state index contributed by atoms with van der Waals surface area (Å²) in [6.45, 7) is 3.39. The minimum Gasteiger partial charge on any atom is -0.494 e. The lowest BCUT2D eigenvalue weighted by molar-refractivity contribution is 0.118. The zero-order valence-electron chi connectivity index (χ0n) is 17.0. The van der Waals surface area contributed by atoms with E-state index < -0.39 is 12.1 Å². The third-order valence-corrected chi connectivity index (χ3v) is 5.46. The molecule has 2 heterocycles. The lowest BCUT2D eigenvalue weighted by Gasteiger charge is -2.22. The first kappa shape index (κ1) is 20.2. The molecule has 4 rings (SSSR count). The monoisotopic (exact) mass is 409 g/mol. The second-order valence-corrected chi connectivity index (χ2v) is 7.62. The summed E-state index contributed by atoms with van der Waals surface area (Å²) in [4.78, 5) is 6.05. The maximum atomic E-state index is 10.3. The Morgan fingerprint density at radius 1 is 1.27 bits per heavy atom. The molecule has 0 bridgehead atoms. The van der Waals surface area contributed by atoms with E-state index in [1.54, 1.807) is 4.90 Å². The number of aliphatic hydroxyl groups is 1. The highest BCUT2D eigenvalue weighted by molar-refractivity contribution is 5.87. The second-order valence-electron chi connectivity index (χ2n) is 7.62. The van der Waals surface area contributed by atoms with E-state index in [9.17, 15) is 5.11 Å². The lowest BCUT2D eigenvalue weighted by Crippen LogP contribution is -2.37. The fourth-order valence-electron chi connectivity index (χ4n) is 3.81. The van der Waals surface area contributed by atoms with Crippen LogP contribution in [0.5, 0.6) is 5.75 Å². The van der Waals surface area contributed by atoms with Crippen LogP contribution in [0.15, 0.2) is 40.9 Å². The summed E-state index contributed by atoms with van der Waals surface area (Å²) < 4.78 is 11.2. The van der Waals surface area contributed by atoms with Crippen LogP contribution in [0, 0.1) is 5.41 Å². The molecule has 30 heavy (non-hydrogen) atoms. The second kappa shape index (κ2) is 8.71. The molecule has 2 atom stereocenters. The van der Waals surface area contributed by atoms with Crippen LogP contribution in [-0.2, 0) is 0 Å². The molecule has 1 aliphatic heterocycles. The summed E-state index contributed by atoms with van der Waals surface area (Å²) in [5, 5.41) is 24.2. The third kappa shape index (κ3) is 4.09. The van der Waals surface area contributed by atoms with Crippen LogP contribution < -0.4 is 10.5 Å². The van der Waals surface area contributed by atoms with E-state index in [4.69, 9.17) is 20.4 Å². The van der Waals surface area contributed by atoms with Crippen molar-refractivity contribution in [3.8, 4) is 17.1 Å². The highest BCUT2D eigenvalue weighted by atomic mass is 16.5. The molecule has 2 aromatic carbocycles. The van der Waals surface area contributed by atoms with Crippen LogP contribution >= 0.6 is 0 Å². The van der Waals surface area contributed by atoms with Gasteiger partial charge < -0.3 is 25.0 Å². The Balaban J connectivity index is 1.53. The number of benzene rings is 2. The lowest BCUT2D eigenvalue weighted by atomic mass is 10.1. The Morgan fingerprint density at radius 2 is 2.07 bits per heavy atom. The zero-order chi connectivity index (χ0) is 21.1. The summed E-state index contributed by atoms with van der Waals surface area (Å²) in [5.74, 6) is 1.46. The predicted octanol–water partition coefficient (Wildman–Crippen LogP) is 3.46. The van der Waals surface area contributed by atoms with E-state index in [0.29, 0.717) is 18.8 Å². The highest BCUT2D eigenvalue weighted by Gasteiger charge is 2.39. The van der Waals surface area contributed by atoms with E-state index in [0.717, 1.165) is 35.1 Å². The minimum atomic E-state index is -0.699. The van der Waals surface area contributed by atoms with Crippen molar-refractivity contribution >= 4 is 16.7 Å². The number of likely N-dealkylation sites (tertiary alicyclic amines) is 1. The molecular formula is C22H27N5O3. The first-order chi connectivity index (χ1) is 14.6. The Kier molecular flexibility index (Phi) is 5.85. The molecule has 1 aromatic heterocycles. The maximum Gasteiger partial charge on any atom is 0.252 e. The molecule has 1 aliphatic rings. The van der Waals surface area contributed by atoms with Crippen molar-refractivity contribution in [3.05, 3.63) is 42.3 Å². The van der Waals surface area contributed by atoms with Crippen molar-refractivity contribution in [2.24, 2.45) is 5.73 Å². The van der Waals surface area contributed by atoms with Crippen molar-refractivity contribution in [2.75, 3.05) is 13.2 Å². The van der Waals surface area contributed by atoms with Gasteiger partial charge in [0.05, 0.1) is 12.7 Å². The smallest absolute Gasteiger partial charge is 0.252 e. The van der Waals surface area contributed by atoms with Crippen LogP contribution in [0.3, 0.4) is 0 Å². The average Bonchev–Trinajstić information content (AvgIpc) is 3.37. The van der Waals surface area contributed by atoms with Gasteiger partial charge >= 0.3 is 0 Å². The standard InChI is InChI=1S/C22H27N5O3/c1-2-3-4-11-29-17-8-7-14-12-16(6-5-15(14)13-17)20-25-21(30-26-20)19-18(28)9-10-27(19)22(23)24/h5-8,12-13,18-19,28H,2-4,9-11H2,1H3,(H3,23,24)/t18-,19+/m0/s1. The van der Waals surface area contributed by atoms with Gasteiger partial charge in [0.1, 0.15) is 11.8 Å². The van der Waals surface area contributed by atoms with Gasteiger partial charge in [0.25, 0.3) is 5.89 Å². The zero-order valence-corrected chi connectivity index (χ0v) is 17.0. The number of guanidine groups is 1. The first-order valence-corrected chi connectivity index (χ1v) is 10.4. The number of aromatic nitrogens is 2. The van der Waals surface area contributed by atoms with Crippen LogP contribution in [0.4, 0.5) is 0 Å². The van der Waals surface area contributed by atoms with Crippen LogP contribution in [0.2, 0.25) is 0 Å². The van der Waals surface area contributed by atoms with E-state index >= 15 is 0 Å². The normalized spacial score (nSPS) is 18.8. The molecule has 0 spiro atoms. The van der Waals surface area contributed by atoms with Crippen molar-refractivity contribution in [1.29, 1.82) is 5.41 Å². The van der Waals surface area contributed by atoms with Crippen LogP contribution in [0.25, 0.3) is 22.2 Å². The Hall–Kier alpha value is -3.13. The van der Waals surface area contributed by atoms with Crippen molar-refractivity contribution < 1.29 is 14.4 Å². The van der Waals surface area contributed by atoms with Crippen molar-refractivity contribution in [3.63, 3.8) is 0 Å². The number of aliphatic hydroxyl groups excluding tert-OH is 1. The molecule has 0 amide bonds. The minimum absolute atomic E-state index is 0.116. The number of nitrogens with two attached hydrogens (primary N) is 1. The van der Waals surface area contributed by atoms with Gasteiger partial charge in [-0.15, -0.1) is 0 Å². The molecule has 8 nitrogen and oxygen atoms in total. The number of ether oxygens (including phenoxy) is 1. The summed E-state index contributed by atoms with van der Waals surface area (Å²) in [5.41, 5.74) is 6.44. The molecule has 0 aliphatic carbocycles. The molecule has 1 fully saturated rings. The van der Waals surface area contributed by atoms with Crippen molar-refractivity contribution in [1.82, 2.24) is 15.0 Å². The number of hydrogen-bond donors (Lipinski definition) is 3. The largest absolute Gasteiger partial charge is 0.494 e. The number of fused-ring (bicyclic) bond motifs is 1. The number of nitrogens with one attached hydrogen (secondary N) is 1. The third-order valence-electron chi connectivity index (χ3n) is 5.46. The molecule has 1 saturated heterocycles. The van der Waals surface area contributed by atoms with E-state index in [1.807, 2.05) is 36.4 Å². The van der Waals surface area contributed by atoms with Crippen molar-refractivity contribution in [2.45, 2.75) is 44.8 Å². The summed E-state index contributed by atoms with van der Waals surface area (Å²) >= 11 is 0. The molecule has 3 aromatic rings. The molecule has 0 saturated carbocycles. The maximum absolute atomic E-state index is 10.3. The van der Waals surface area contributed by atoms with Gasteiger partial charge in [-0.25, -0.2) is 0 Å². The Bertz CT molecular complexity index is 1030. The highest BCUT2D eigenvalue weighted by Crippen LogP contribution is 2.32. The fourth-order valence-corrected chi connectivity index (χ4v) is 3.81. The van der Waals surface area contributed by atoms with Gasteiger partial charge in [-0.2, -0.15) is 4.98 Å². The van der Waals surface area contributed by atoms with Crippen LogP contribution in [-0.4, -0.2) is 45.4 Å². The Labute approximate surface area is 175 Å². The van der Waals surface area contributed by atoms with Gasteiger partial charge in [0.2, 0.25) is 5.82 Å². The first-order valence-electron chi connectivity index (χ1n) is 10.4. The number of rotatable bonds is 7. The number of hydrogen-bond acceptors (Lipinski definition) is 6. The van der Waals surface area contributed by atoms with Gasteiger partial charge in [0.15, 0.2) is 5.96 Å². The van der Waals surface area contributed by atoms with E-state index in [2.05, 4.69) is 17.1 Å². The quantitative estimate of drug-likeness (QED) is 0.310. The molecular weight excluding hydrogens is 382 g/mol. The van der Waals surface area contributed by atoms with Crippen LogP contribution in [0.1, 0.15) is 44.5 Å². The van der Waals surface area contributed by atoms with Gasteiger partial charge in [-0.05, 0) is 41.8 Å².